The predicted octanol–water partition coefficient (Wildman–Crippen LogP) is 4.75. The van der Waals surface area contributed by atoms with Crippen molar-refractivity contribution in [2.24, 2.45) is 0 Å². The third-order valence-corrected chi connectivity index (χ3v) is 8.32. The molecule has 2 saturated carbocycles. The molecule has 0 aromatic carbocycles. The van der Waals surface area contributed by atoms with E-state index in [1.165, 1.54) is 16.8 Å². The number of hydrogen-bond acceptors (Lipinski definition) is 6. The van der Waals surface area contributed by atoms with Crippen LogP contribution < -0.4 is 10.6 Å². The van der Waals surface area contributed by atoms with Crippen LogP contribution in [-0.2, 0) is 11.0 Å². The van der Waals surface area contributed by atoms with Gasteiger partial charge in [-0.3, -0.25) is 19.5 Å². The van der Waals surface area contributed by atoms with E-state index in [0.717, 1.165) is 38.3 Å². The first-order valence-electron chi connectivity index (χ1n) is 14.7. The van der Waals surface area contributed by atoms with Gasteiger partial charge in [-0.05, 0) is 63.6 Å². The summed E-state index contributed by atoms with van der Waals surface area (Å²) in [6.45, 7) is 0.357. The second kappa shape index (κ2) is 12.6. The molecule has 2 aromatic rings. The molecule has 0 radical (unpaired) electrons. The lowest BCUT2D eigenvalue weighted by Crippen LogP contribution is -2.47. The van der Waals surface area contributed by atoms with Crippen molar-refractivity contribution in [1.82, 2.24) is 35.3 Å². The Bertz CT molecular complexity index is 1260. The fourth-order valence-electron chi connectivity index (χ4n) is 5.93. The van der Waals surface area contributed by atoms with Crippen LogP contribution in [0.1, 0.15) is 93.0 Å². The van der Waals surface area contributed by atoms with Crippen molar-refractivity contribution in [1.29, 1.82) is 0 Å². The molecule has 3 heterocycles. The van der Waals surface area contributed by atoms with E-state index >= 15 is 0 Å². The van der Waals surface area contributed by atoms with Gasteiger partial charge >= 0.3 is 6.18 Å². The Morgan fingerprint density at radius 3 is 2.52 bits per heavy atom. The van der Waals surface area contributed by atoms with E-state index < -0.39 is 29.7 Å². The quantitative estimate of drug-likeness (QED) is 0.383. The van der Waals surface area contributed by atoms with Crippen LogP contribution in [0.5, 0.6) is 0 Å². The number of amides is 2. The van der Waals surface area contributed by atoms with E-state index in [0.29, 0.717) is 25.8 Å². The number of rotatable bonds is 10. The molecule has 230 valence electrons. The molecular formula is C28H36F5N7O2. The highest BCUT2D eigenvalue weighted by Gasteiger charge is 2.38. The number of aromatic nitrogens is 4. The second-order valence-corrected chi connectivity index (χ2v) is 11.6. The van der Waals surface area contributed by atoms with Gasteiger partial charge in [0.15, 0.2) is 11.5 Å². The van der Waals surface area contributed by atoms with Crippen LogP contribution >= 0.6 is 0 Å². The van der Waals surface area contributed by atoms with Crippen LogP contribution in [-0.4, -0.2) is 74.1 Å². The van der Waals surface area contributed by atoms with E-state index in [9.17, 15) is 31.5 Å². The van der Waals surface area contributed by atoms with Crippen molar-refractivity contribution < 1.29 is 31.5 Å². The highest BCUT2D eigenvalue weighted by molar-refractivity contribution is 5.91. The lowest BCUT2D eigenvalue weighted by molar-refractivity contribution is -0.140. The highest BCUT2D eigenvalue weighted by Crippen LogP contribution is 2.38. The summed E-state index contributed by atoms with van der Waals surface area (Å²) in [5.41, 5.74) is -1.39. The Hall–Kier alpha value is -3.16. The topological polar surface area (TPSA) is 105 Å². The molecule has 1 aliphatic heterocycles. The summed E-state index contributed by atoms with van der Waals surface area (Å²) in [7, 11) is 0. The maximum atomic E-state index is 14.0. The van der Waals surface area contributed by atoms with Gasteiger partial charge in [0.2, 0.25) is 11.7 Å². The first-order chi connectivity index (χ1) is 20.0. The summed E-state index contributed by atoms with van der Waals surface area (Å²) in [5, 5.41) is 10.1. The highest BCUT2D eigenvalue weighted by atomic mass is 19.4. The smallest absolute Gasteiger partial charge is 0.353 e. The maximum absolute atomic E-state index is 14.0. The summed E-state index contributed by atoms with van der Waals surface area (Å²) < 4.78 is 70.8. The molecule has 3 aliphatic rings. The zero-order chi connectivity index (χ0) is 29.9. The number of nitrogens with zero attached hydrogens (tertiary/aromatic N) is 5. The van der Waals surface area contributed by atoms with E-state index in [2.05, 4.69) is 25.7 Å². The molecule has 3 fully saturated rings. The standard InChI is InChI=1S/C28H36F5N7O2/c29-27(30)12-5-14-39(17-27)15-11-19(16-22(41)35-18-6-3-7-18)36-26(42)24-37-25(40(38-24)20-8-1-2-9-20)21-10-4-13-34-23(21)28(31,32)33/h4,10,13,18-20H,1-3,5-9,11-12,14-17H2,(H,35,41)(H,36,42). The molecule has 2 aliphatic carbocycles. The van der Waals surface area contributed by atoms with Crippen LogP contribution in [0.3, 0.4) is 0 Å². The number of halogens is 5. The van der Waals surface area contributed by atoms with Crippen molar-refractivity contribution in [3.63, 3.8) is 0 Å². The van der Waals surface area contributed by atoms with Crippen molar-refractivity contribution in [3.05, 3.63) is 29.8 Å². The normalized spacial score (nSPS) is 20.7. The third kappa shape index (κ3) is 7.42. The number of hydrogen-bond donors (Lipinski definition) is 2. The lowest BCUT2D eigenvalue weighted by atomic mass is 9.93. The largest absolute Gasteiger partial charge is 0.434 e. The SMILES string of the molecule is O=C(CC(CCN1CCCC(F)(F)C1)NC(=O)c1nc(-c2cccnc2C(F)(F)F)n(C2CCCC2)n1)NC1CCC1. The number of carbonyl (C=O) groups is 2. The molecule has 42 heavy (non-hydrogen) atoms. The molecule has 9 nitrogen and oxygen atoms in total. The molecule has 0 spiro atoms. The van der Waals surface area contributed by atoms with Crippen LogP contribution in [0, 0.1) is 0 Å². The molecule has 5 rings (SSSR count). The van der Waals surface area contributed by atoms with Crippen molar-refractivity contribution in [2.75, 3.05) is 19.6 Å². The average molecular weight is 598 g/mol. The fourth-order valence-corrected chi connectivity index (χ4v) is 5.93. The summed E-state index contributed by atoms with van der Waals surface area (Å²) in [6, 6.07) is 1.79. The second-order valence-electron chi connectivity index (χ2n) is 11.6. The molecule has 2 amide bonds. The van der Waals surface area contributed by atoms with Crippen LogP contribution in [0.2, 0.25) is 0 Å². The Balaban J connectivity index is 1.37. The summed E-state index contributed by atoms with van der Waals surface area (Å²) in [4.78, 5) is 35.6. The Morgan fingerprint density at radius 1 is 1.10 bits per heavy atom. The van der Waals surface area contributed by atoms with Gasteiger partial charge in [-0.1, -0.05) is 12.8 Å². The number of alkyl halides is 5. The molecule has 2 N–H and O–H groups in total. The van der Waals surface area contributed by atoms with Crippen molar-refractivity contribution in [2.45, 2.75) is 101 Å². The average Bonchev–Trinajstić information content (AvgIpc) is 3.59. The summed E-state index contributed by atoms with van der Waals surface area (Å²) in [5.74, 6) is -4.20. The number of piperidine rings is 1. The predicted molar refractivity (Wildman–Crippen MR) is 143 cm³/mol. The van der Waals surface area contributed by atoms with E-state index in [1.54, 1.807) is 4.90 Å². The van der Waals surface area contributed by atoms with Gasteiger partial charge < -0.3 is 10.6 Å². The van der Waals surface area contributed by atoms with Gasteiger partial charge in [-0.2, -0.15) is 13.2 Å². The van der Waals surface area contributed by atoms with Crippen molar-refractivity contribution in [3.8, 4) is 11.4 Å². The van der Waals surface area contributed by atoms with Gasteiger partial charge in [0.05, 0.1) is 12.6 Å². The molecule has 1 unspecified atom stereocenters. The molecule has 1 saturated heterocycles. The minimum absolute atomic E-state index is 0.0660. The Morgan fingerprint density at radius 2 is 1.86 bits per heavy atom. The monoisotopic (exact) mass is 597 g/mol. The van der Waals surface area contributed by atoms with Gasteiger partial charge in [0.25, 0.3) is 11.8 Å². The van der Waals surface area contributed by atoms with Gasteiger partial charge in [0.1, 0.15) is 0 Å². The number of pyridine rings is 1. The van der Waals surface area contributed by atoms with E-state index in [4.69, 9.17) is 0 Å². The first kappa shape index (κ1) is 30.3. The Kier molecular flexibility index (Phi) is 9.09. The maximum Gasteiger partial charge on any atom is 0.434 e. The first-order valence-corrected chi connectivity index (χ1v) is 14.7. The van der Waals surface area contributed by atoms with Crippen LogP contribution in [0.4, 0.5) is 22.0 Å². The molecule has 14 heteroatoms. The Labute approximate surface area is 240 Å². The molecule has 0 bridgehead atoms. The third-order valence-electron chi connectivity index (χ3n) is 8.32. The fraction of sp³-hybridized carbons (Fsp3) is 0.679. The van der Waals surface area contributed by atoms with Crippen molar-refractivity contribution >= 4 is 11.8 Å². The van der Waals surface area contributed by atoms with Gasteiger partial charge in [0, 0.05) is 43.2 Å². The van der Waals surface area contributed by atoms with E-state index in [1.807, 2.05) is 0 Å². The van der Waals surface area contributed by atoms with Crippen LogP contribution in [0.25, 0.3) is 11.4 Å². The van der Waals surface area contributed by atoms with E-state index in [-0.39, 0.29) is 67.6 Å². The van der Waals surface area contributed by atoms with Gasteiger partial charge in [-0.15, -0.1) is 5.10 Å². The lowest BCUT2D eigenvalue weighted by Gasteiger charge is -2.33. The summed E-state index contributed by atoms with van der Waals surface area (Å²) in [6.07, 6.45) is 2.56. The minimum Gasteiger partial charge on any atom is -0.353 e. The summed E-state index contributed by atoms with van der Waals surface area (Å²) >= 11 is 0. The number of nitrogens with one attached hydrogen (secondary N) is 2. The number of likely N-dealkylation sites (tertiary alicyclic amines) is 1. The minimum atomic E-state index is -4.74. The van der Waals surface area contributed by atoms with Crippen LogP contribution in [0.15, 0.2) is 18.3 Å². The zero-order valence-corrected chi connectivity index (χ0v) is 23.3. The number of carbonyl (C=O) groups excluding carboxylic acids is 2. The van der Waals surface area contributed by atoms with Gasteiger partial charge in [-0.25, -0.2) is 18.4 Å². The molecular weight excluding hydrogens is 561 g/mol. The molecule has 2 aromatic heterocycles. The zero-order valence-electron chi connectivity index (χ0n) is 23.3. The molecule has 1 atom stereocenters.